The summed E-state index contributed by atoms with van der Waals surface area (Å²) in [5.74, 6) is 0. The molecule has 5 heteroatoms. The molecular formula is C16H20N2O2S. The van der Waals surface area contributed by atoms with E-state index in [1.54, 1.807) is 6.07 Å². The van der Waals surface area contributed by atoms with E-state index in [0.717, 1.165) is 17.5 Å². The fraction of sp³-hybridized carbons (Fsp3) is 0.250. The molecule has 2 rings (SSSR count). The molecule has 0 fully saturated rings. The molecular weight excluding hydrogens is 284 g/mol. The molecule has 0 spiro atoms. The maximum absolute atomic E-state index is 11.3. The van der Waals surface area contributed by atoms with Crippen LogP contribution < -0.4 is 10.0 Å². The molecule has 0 aromatic heterocycles. The summed E-state index contributed by atoms with van der Waals surface area (Å²) in [7, 11) is -3.25. The number of benzene rings is 2. The monoisotopic (exact) mass is 304 g/mol. The second kappa shape index (κ2) is 6.18. The minimum atomic E-state index is -3.25. The number of rotatable bonds is 5. The number of hydrogen-bond acceptors (Lipinski definition) is 3. The highest BCUT2D eigenvalue weighted by atomic mass is 32.2. The SMILES string of the molecule is Cc1cc(NC(C)c2ccccc2)ccc1NS(C)(=O)=O. The van der Waals surface area contributed by atoms with Crippen molar-refractivity contribution in [3.8, 4) is 0 Å². The molecule has 2 N–H and O–H groups in total. The number of anilines is 2. The average molecular weight is 304 g/mol. The van der Waals surface area contributed by atoms with Gasteiger partial charge in [-0.1, -0.05) is 30.3 Å². The van der Waals surface area contributed by atoms with Gasteiger partial charge in [0.05, 0.1) is 11.9 Å². The maximum atomic E-state index is 11.3. The Kier molecular flexibility index (Phi) is 4.53. The van der Waals surface area contributed by atoms with Gasteiger partial charge in [-0.15, -0.1) is 0 Å². The number of nitrogens with one attached hydrogen (secondary N) is 2. The zero-order valence-electron chi connectivity index (χ0n) is 12.4. The van der Waals surface area contributed by atoms with Gasteiger partial charge in [0, 0.05) is 11.7 Å². The molecule has 0 bridgehead atoms. The lowest BCUT2D eigenvalue weighted by Gasteiger charge is -2.17. The van der Waals surface area contributed by atoms with Crippen molar-refractivity contribution < 1.29 is 8.42 Å². The largest absolute Gasteiger partial charge is 0.379 e. The Labute approximate surface area is 126 Å². The third-order valence-electron chi connectivity index (χ3n) is 3.20. The minimum Gasteiger partial charge on any atom is -0.379 e. The standard InChI is InChI=1S/C16H20N2O2S/c1-12-11-15(9-10-16(12)18-21(3,19)20)17-13(2)14-7-5-4-6-8-14/h4-11,13,17-18H,1-3H3. The quantitative estimate of drug-likeness (QED) is 0.888. The molecule has 0 saturated carbocycles. The third-order valence-corrected chi connectivity index (χ3v) is 3.80. The maximum Gasteiger partial charge on any atom is 0.229 e. The molecule has 112 valence electrons. The van der Waals surface area contributed by atoms with Crippen LogP contribution in [0.5, 0.6) is 0 Å². The van der Waals surface area contributed by atoms with Crippen molar-refractivity contribution in [3.63, 3.8) is 0 Å². The number of aryl methyl sites for hydroxylation is 1. The van der Waals surface area contributed by atoms with E-state index < -0.39 is 10.0 Å². The van der Waals surface area contributed by atoms with Crippen molar-refractivity contribution in [2.75, 3.05) is 16.3 Å². The summed E-state index contributed by atoms with van der Waals surface area (Å²) < 4.78 is 25.1. The van der Waals surface area contributed by atoms with Crippen LogP contribution in [0.2, 0.25) is 0 Å². The highest BCUT2D eigenvalue weighted by Gasteiger charge is 2.08. The van der Waals surface area contributed by atoms with E-state index in [1.165, 1.54) is 5.56 Å². The van der Waals surface area contributed by atoms with E-state index in [9.17, 15) is 8.42 Å². The molecule has 0 heterocycles. The lowest BCUT2D eigenvalue weighted by Crippen LogP contribution is -2.11. The van der Waals surface area contributed by atoms with Gasteiger partial charge < -0.3 is 5.32 Å². The van der Waals surface area contributed by atoms with Crippen LogP contribution >= 0.6 is 0 Å². The first-order valence-electron chi connectivity index (χ1n) is 6.75. The van der Waals surface area contributed by atoms with Crippen molar-refractivity contribution >= 4 is 21.4 Å². The van der Waals surface area contributed by atoms with Crippen LogP contribution in [0.4, 0.5) is 11.4 Å². The lowest BCUT2D eigenvalue weighted by atomic mass is 10.1. The summed E-state index contributed by atoms with van der Waals surface area (Å²) in [6.07, 6.45) is 1.15. The fourth-order valence-corrected chi connectivity index (χ4v) is 2.77. The summed E-state index contributed by atoms with van der Waals surface area (Å²) in [6, 6.07) is 15.9. The van der Waals surface area contributed by atoms with E-state index in [0.29, 0.717) is 5.69 Å². The first-order valence-corrected chi connectivity index (χ1v) is 8.64. The molecule has 21 heavy (non-hydrogen) atoms. The van der Waals surface area contributed by atoms with Crippen LogP contribution in [0, 0.1) is 6.92 Å². The molecule has 0 saturated heterocycles. The highest BCUT2D eigenvalue weighted by Crippen LogP contribution is 2.24. The van der Waals surface area contributed by atoms with E-state index >= 15 is 0 Å². The molecule has 2 aromatic carbocycles. The molecule has 0 amide bonds. The van der Waals surface area contributed by atoms with Gasteiger partial charge >= 0.3 is 0 Å². The smallest absolute Gasteiger partial charge is 0.229 e. The molecule has 0 aliphatic rings. The molecule has 0 radical (unpaired) electrons. The molecule has 0 aliphatic carbocycles. The van der Waals surface area contributed by atoms with Crippen molar-refractivity contribution in [1.82, 2.24) is 0 Å². The van der Waals surface area contributed by atoms with Crippen LogP contribution in [0.25, 0.3) is 0 Å². The van der Waals surface area contributed by atoms with Gasteiger partial charge in [-0.2, -0.15) is 0 Å². The Morgan fingerprint density at radius 2 is 1.71 bits per heavy atom. The number of hydrogen-bond donors (Lipinski definition) is 2. The predicted molar refractivity (Wildman–Crippen MR) is 88.1 cm³/mol. The van der Waals surface area contributed by atoms with Gasteiger partial charge in [0.2, 0.25) is 10.0 Å². The van der Waals surface area contributed by atoms with E-state index in [2.05, 4.69) is 29.1 Å². The lowest BCUT2D eigenvalue weighted by molar-refractivity contribution is 0.607. The number of sulfonamides is 1. The van der Waals surface area contributed by atoms with Crippen molar-refractivity contribution in [1.29, 1.82) is 0 Å². The molecule has 4 nitrogen and oxygen atoms in total. The van der Waals surface area contributed by atoms with Gasteiger partial charge in [-0.25, -0.2) is 8.42 Å². The van der Waals surface area contributed by atoms with Crippen molar-refractivity contribution in [2.24, 2.45) is 0 Å². The van der Waals surface area contributed by atoms with Crippen molar-refractivity contribution in [3.05, 3.63) is 59.7 Å². The van der Waals surface area contributed by atoms with E-state index in [1.807, 2.05) is 37.3 Å². The van der Waals surface area contributed by atoms with Gasteiger partial charge in [0.1, 0.15) is 0 Å². The summed E-state index contributed by atoms with van der Waals surface area (Å²) in [5.41, 5.74) is 3.65. The Hall–Kier alpha value is -2.01. The van der Waals surface area contributed by atoms with Crippen LogP contribution in [-0.4, -0.2) is 14.7 Å². The first-order chi connectivity index (χ1) is 9.85. The fourth-order valence-electron chi connectivity index (χ4n) is 2.14. The Balaban J connectivity index is 2.14. The normalized spacial score (nSPS) is 12.7. The summed E-state index contributed by atoms with van der Waals surface area (Å²) in [6.45, 7) is 3.97. The highest BCUT2D eigenvalue weighted by molar-refractivity contribution is 7.92. The Morgan fingerprint density at radius 1 is 1.05 bits per heavy atom. The van der Waals surface area contributed by atoms with Crippen LogP contribution in [-0.2, 0) is 10.0 Å². The van der Waals surface area contributed by atoms with E-state index in [4.69, 9.17) is 0 Å². The summed E-state index contributed by atoms with van der Waals surface area (Å²) in [5, 5.41) is 3.41. The van der Waals surface area contributed by atoms with Crippen LogP contribution in [0.1, 0.15) is 24.1 Å². The second-order valence-corrected chi connectivity index (χ2v) is 6.93. The van der Waals surface area contributed by atoms with E-state index in [-0.39, 0.29) is 6.04 Å². The average Bonchev–Trinajstić information content (AvgIpc) is 2.41. The topological polar surface area (TPSA) is 58.2 Å². The zero-order chi connectivity index (χ0) is 15.5. The van der Waals surface area contributed by atoms with Crippen LogP contribution in [0.15, 0.2) is 48.5 Å². The Bertz CT molecular complexity index is 712. The second-order valence-electron chi connectivity index (χ2n) is 5.18. The molecule has 1 atom stereocenters. The first kappa shape index (κ1) is 15.4. The molecule has 0 aliphatic heterocycles. The summed E-state index contributed by atoms with van der Waals surface area (Å²) >= 11 is 0. The molecule has 1 unspecified atom stereocenters. The minimum absolute atomic E-state index is 0.180. The molecule has 2 aromatic rings. The van der Waals surface area contributed by atoms with Crippen LogP contribution in [0.3, 0.4) is 0 Å². The van der Waals surface area contributed by atoms with Gasteiger partial charge in [0.15, 0.2) is 0 Å². The van der Waals surface area contributed by atoms with Gasteiger partial charge in [-0.05, 0) is 43.2 Å². The van der Waals surface area contributed by atoms with Gasteiger partial charge in [-0.3, -0.25) is 4.72 Å². The third kappa shape index (κ3) is 4.49. The van der Waals surface area contributed by atoms with Crippen molar-refractivity contribution in [2.45, 2.75) is 19.9 Å². The predicted octanol–water partition coefficient (Wildman–Crippen LogP) is 3.54. The summed E-state index contributed by atoms with van der Waals surface area (Å²) in [4.78, 5) is 0. The zero-order valence-corrected chi connectivity index (χ0v) is 13.2. The van der Waals surface area contributed by atoms with Gasteiger partial charge in [0.25, 0.3) is 0 Å². The Morgan fingerprint density at radius 3 is 2.29 bits per heavy atom.